The number of amides is 2. The van der Waals surface area contributed by atoms with Gasteiger partial charge in [-0.15, -0.1) is 0 Å². The predicted octanol–water partition coefficient (Wildman–Crippen LogP) is 5.29. The largest absolute Gasteiger partial charge is 0.497 e. The van der Waals surface area contributed by atoms with Gasteiger partial charge in [0.15, 0.2) is 11.5 Å². The molecule has 3 rings (SSSR count). The Labute approximate surface area is 221 Å². The van der Waals surface area contributed by atoms with Crippen molar-refractivity contribution in [2.24, 2.45) is 0 Å². The van der Waals surface area contributed by atoms with Gasteiger partial charge in [-0.05, 0) is 75.4 Å². The van der Waals surface area contributed by atoms with Crippen LogP contribution in [0.4, 0.5) is 0 Å². The molecule has 1 aliphatic carbocycles. The fourth-order valence-electron chi connectivity index (χ4n) is 4.76. The molecule has 1 saturated carbocycles. The first-order chi connectivity index (χ1) is 17.9. The Hall–Kier alpha value is -3.22. The van der Waals surface area contributed by atoms with Crippen molar-refractivity contribution in [3.63, 3.8) is 0 Å². The van der Waals surface area contributed by atoms with Crippen molar-refractivity contribution in [2.75, 3.05) is 20.3 Å². The van der Waals surface area contributed by atoms with Crippen LogP contribution in [0.2, 0.25) is 0 Å². The zero-order valence-electron chi connectivity index (χ0n) is 22.8. The van der Waals surface area contributed by atoms with Crippen LogP contribution in [-0.2, 0) is 22.6 Å². The SMILES string of the molecule is CCOc1ccc(CCC(=O)N(Cc2cccc(OC)c2)C(C)C(=O)NC2CCCCC2)cc1OCC. The van der Waals surface area contributed by atoms with Crippen LogP contribution < -0.4 is 19.5 Å². The minimum Gasteiger partial charge on any atom is -0.497 e. The highest BCUT2D eigenvalue weighted by Gasteiger charge is 2.28. The molecule has 202 valence electrons. The molecule has 7 heteroatoms. The van der Waals surface area contributed by atoms with E-state index in [1.54, 1.807) is 12.0 Å². The van der Waals surface area contributed by atoms with Gasteiger partial charge in [0.2, 0.25) is 11.8 Å². The van der Waals surface area contributed by atoms with E-state index in [-0.39, 0.29) is 24.3 Å². The summed E-state index contributed by atoms with van der Waals surface area (Å²) in [5, 5.41) is 3.19. The molecule has 1 N–H and O–H groups in total. The molecule has 0 heterocycles. The fraction of sp³-hybridized carbons (Fsp3) is 0.533. The van der Waals surface area contributed by atoms with Crippen molar-refractivity contribution < 1.29 is 23.8 Å². The Morgan fingerprint density at radius 2 is 1.70 bits per heavy atom. The lowest BCUT2D eigenvalue weighted by molar-refractivity contribution is -0.141. The van der Waals surface area contributed by atoms with Gasteiger partial charge in [-0.1, -0.05) is 37.5 Å². The molecule has 2 aromatic carbocycles. The van der Waals surface area contributed by atoms with Crippen molar-refractivity contribution in [1.82, 2.24) is 10.2 Å². The van der Waals surface area contributed by atoms with Crippen LogP contribution in [0, 0.1) is 0 Å². The zero-order valence-corrected chi connectivity index (χ0v) is 22.8. The van der Waals surface area contributed by atoms with Gasteiger partial charge in [0, 0.05) is 19.0 Å². The number of carbonyl (C=O) groups excluding carboxylic acids is 2. The molecule has 2 aromatic rings. The zero-order chi connectivity index (χ0) is 26.6. The molecule has 0 radical (unpaired) electrons. The summed E-state index contributed by atoms with van der Waals surface area (Å²) in [5.41, 5.74) is 1.91. The van der Waals surface area contributed by atoms with Crippen LogP contribution in [0.1, 0.15) is 70.4 Å². The van der Waals surface area contributed by atoms with E-state index in [0.29, 0.717) is 37.7 Å². The number of carbonyl (C=O) groups is 2. The molecule has 0 aliphatic heterocycles. The highest BCUT2D eigenvalue weighted by atomic mass is 16.5. The van der Waals surface area contributed by atoms with E-state index in [4.69, 9.17) is 14.2 Å². The first-order valence-corrected chi connectivity index (χ1v) is 13.6. The van der Waals surface area contributed by atoms with Gasteiger partial charge in [0.1, 0.15) is 11.8 Å². The molecule has 37 heavy (non-hydrogen) atoms. The van der Waals surface area contributed by atoms with Crippen LogP contribution >= 0.6 is 0 Å². The highest BCUT2D eigenvalue weighted by molar-refractivity contribution is 5.87. The lowest BCUT2D eigenvalue weighted by Gasteiger charge is -2.31. The minimum absolute atomic E-state index is 0.0686. The van der Waals surface area contributed by atoms with E-state index in [1.807, 2.05) is 63.2 Å². The van der Waals surface area contributed by atoms with Crippen LogP contribution in [0.5, 0.6) is 17.2 Å². The Morgan fingerprint density at radius 3 is 2.41 bits per heavy atom. The number of nitrogens with one attached hydrogen (secondary N) is 1. The second-order valence-corrected chi connectivity index (χ2v) is 9.54. The average Bonchev–Trinajstić information content (AvgIpc) is 2.92. The Bertz CT molecular complexity index is 1020. The van der Waals surface area contributed by atoms with Crippen LogP contribution in [0.3, 0.4) is 0 Å². The Morgan fingerprint density at radius 1 is 0.973 bits per heavy atom. The number of ether oxygens (including phenoxy) is 3. The molecule has 1 unspecified atom stereocenters. The molecule has 1 aliphatic rings. The number of methoxy groups -OCH3 is 1. The van der Waals surface area contributed by atoms with E-state index in [2.05, 4.69) is 5.32 Å². The molecular weight excluding hydrogens is 468 g/mol. The maximum atomic E-state index is 13.6. The number of nitrogens with zero attached hydrogens (tertiary/aromatic N) is 1. The molecular formula is C30H42N2O5. The molecule has 0 aromatic heterocycles. The van der Waals surface area contributed by atoms with E-state index in [0.717, 1.165) is 42.6 Å². The normalized spacial score (nSPS) is 14.5. The predicted molar refractivity (Wildman–Crippen MR) is 145 cm³/mol. The topological polar surface area (TPSA) is 77.1 Å². The van der Waals surface area contributed by atoms with Crippen molar-refractivity contribution in [3.8, 4) is 17.2 Å². The smallest absolute Gasteiger partial charge is 0.242 e. The van der Waals surface area contributed by atoms with E-state index in [1.165, 1.54) is 6.42 Å². The van der Waals surface area contributed by atoms with E-state index in [9.17, 15) is 9.59 Å². The number of rotatable bonds is 13. The monoisotopic (exact) mass is 510 g/mol. The van der Waals surface area contributed by atoms with Crippen LogP contribution in [0.25, 0.3) is 0 Å². The molecule has 2 amide bonds. The quantitative estimate of drug-likeness (QED) is 0.396. The summed E-state index contributed by atoms with van der Waals surface area (Å²) >= 11 is 0. The molecule has 0 saturated heterocycles. The van der Waals surface area contributed by atoms with Gasteiger partial charge in [0.05, 0.1) is 20.3 Å². The lowest BCUT2D eigenvalue weighted by Crippen LogP contribution is -2.50. The number of benzene rings is 2. The molecule has 1 fully saturated rings. The van der Waals surface area contributed by atoms with E-state index < -0.39 is 6.04 Å². The molecule has 1 atom stereocenters. The summed E-state index contributed by atoms with van der Waals surface area (Å²) in [6.07, 6.45) is 6.32. The standard InChI is InChI=1S/C30H42N2O5/c1-5-36-27-17-15-23(20-28(27)37-6-2)16-18-29(33)32(21-24-11-10-14-26(19-24)35-4)22(3)30(34)31-25-12-8-7-9-13-25/h10-11,14-15,17,19-20,22,25H,5-9,12-13,16,18,21H2,1-4H3,(H,31,34). The third kappa shape index (κ3) is 8.41. The first kappa shape index (κ1) is 28.4. The van der Waals surface area contributed by atoms with Crippen molar-refractivity contribution in [1.29, 1.82) is 0 Å². The van der Waals surface area contributed by atoms with Gasteiger partial charge in [0.25, 0.3) is 0 Å². The molecule has 0 bridgehead atoms. The Kier molecular flexibility index (Phi) is 11.1. The maximum Gasteiger partial charge on any atom is 0.242 e. The Balaban J connectivity index is 1.74. The van der Waals surface area contributed by atoms with Crippen LogP contribution in [-0.4, -0.2) is 49.1 Å². The second-order valence-electron chi connectivity index (χ2n) is 9.54. The number of hydrogen-bond donors (Lipinski definition) is 1. The van der Waals surface area contributed by atoms with E-state index >= 15 is 0 Å². The maximum absolute atomic E-state index is 13.6. The minimum atomic E-state index is -0.583. The number of aryl methyl sites for hydroxylation is 1. The van der Waals surface area contributed by atoms with Gasteiger partial charge in [-0.25, -0.2) is 0 Å². The summed E-state index contributed by atoms with van der Waals surface area (Å²) in [6, 6.07) is 13.0. The summed E-state index contributed by atoms with van der Waals surface area (Å²) in [5.74, 6) is 1.95. The molecule has 7 nitrogen and oxygen atoms in total. The third-order valence-corrected chi connectivity index (χ3v) is 6.84. The van der Waals surface area contributed by atoms with Gasteiger partial charge >= 0.3 is 0 Å². The van der Waals surface area contributed by atoms with Gasteiger partial charge in [-0.3, -0.25) is 9.59 Å². The van der Waals surface area contributed by atoms with Gasteiger partial charge < -0.3 is 24.4 Å². The summed E-state index contributed by atoms with van der Waals surface area (Å²) in [4.78, 5) is 28.4. The number of hydrogen-bond acceptors (Lipinski definition) is 5. The molecule has 0 spiro atoms. The van der Waals surface area contributed by atoms with Crippen molar-refractivity contribution in [2.45, 2.75) is 84.3 Å². The third-order valence-electron chi connectivity index (χ3n) is 6.84. The first-order valence-electron chi connectivity index (χ1n) is 13.6. The van der Waals surface area contributed by atoms with Gasteiger partial charge in [-0.2, -0.15) is 0 Å². The van der Waals surface area contributed by atoms with Crippen molar-refractivity contribution >= 4 is 11.8 Å². The highest BCUT2D eigenvalue weighted by Crippen LogP contribution is 2.29. The summed E-state index contributed by atoms with van der Waals surface area (Å²) in [7, 11) is 1.62. The lowest BCUT2D eigenvalue weighted by atomic mass is 9.95. The van der Waals surface area contributed by atoms with Crippen molar-refractivity contribution in [3.05, 3.63) is 53.6 Å². The summed E-state index contributed by atoms with van der Waals surface area (Å²) < 4.78 is 16.8. The second kappa shape index (κ2) is 14.5. The summed E-state index contributed by atoms with van der Waals surface area (Å²) in [6.45, 7) is 7.11. The average molecular weight is 511 g/mol. The fourth-order valence-corrected chi connectivity index (χ4v) is 4.76. The van der Waals surface area contributed by atoms with Crippen LogP contribution in [0.15, 0.2) is 42.5 Å².